The molecule has 0 aliphatic heterocycles. The Morgan fingerprint density at radius 1 is 1.54 bits per heavy atom. The van der Waals surface area contributed by atoms with Gasteiger partial charge in [-0.1, -0.05) is 0 Å². The Labute approximate surface area is 76.3 Å². The van der Waals surface area contributed by atoms with Crippen LogP contribution in [0.4, 0.5) is 0 Å². The highest BCUT2D eigenvalue weighted by molar-refractivity contribution is 5.90. The third-order valence-corrected chi connectivity index (χ3v) is 2.42. The molecule has 1 saturated carbocycles. The van der Waals surface area contributed by atoms with Crippen molar-refractivity contribution in [1.29, 1.82) is 0 Å². The molecule has 1 atom stereocenters. The van der Waals surface area contributed by atoms with Crippen LogP contribution in [0.1, 0.15) is 26.2 Å². The number of carboxylic acid groups (broad SMARTS) is 1. The Bertz CT molecular complexity index is 236. The number of carbonyl (C=O) groups excluding carboxylic acids is 1. The van der Waals surface area contributed by atoms with E-state index in [9.17, 15) is 9.59 Å². The summed E-state index contributed by atoms with van der Waals surface area (Å²) in [5.74, 6) is -1.40. The summed E-state index contributed by atoms with van der Waals surface area (Å²) in [5, 5.41) is 10.9. The summed E-state index contributed by atoms with van der Waals surface area (Å²) in [5.41, 5.74) is 4.87. The molecule has 1 amide bonds. The van der Waals surface area contributed by atoms with E-state index in [1.54, 1.807) is 0 Å². The first-order chi connectivity index (χ1) is 5.96. The van der Waals surface area contributed by atoms with Crippen molar-refractivity contribution in [1.82, 2.24) is 5.32 Å². The van der Waals surface area contributed by atoms with Crippen molar-refractivity contribution in [3.8, 4) is 0 Å². The molecule has 13 heavy (non-hydrogen) atoms. The molecule has 1 fully saturated rings. The van der Waals surface area contributed by atoms with E-state index in [0.717, 1.165) is 6.42 Å². The van der Waals surface area contributed by atoms with Crippen LogP contribution in [0.5, 0.6) is 0 Å². The van der Waals surface area contributed by atoms with E-state index in [0.29, 0.717) is 12.8 Å². The molecule has 0 radical (unpaired) electrons. The summed E-state index contributed by atoms with van der Waals surface area (Å²) in [7, 11) is 0. The zero-order valence-electron chi connectivity index (χ0n) is 7.54. The van der Waals surface area contributed by atoms with Crippen LogP contribution < -0.4 is 11.1 Å². The fourth-order valence-electron chi connectivity index (χ4n) is 1.19. The van der Waals surface area contributed by atoms with Crippen LogP contribution in [-0.2, 0) is 9.59 Å². The number of carbonyl (C=O) groups is 2. The second-order valence-corrected chi connectivity index (χ2v) is 3.54. The van der Waals surface area contributed by atoms with Gasteiger partial charge in [-0.25, -0.2) is 0 Å². The SMILES string of the molecule is C[C@@H](NC(=O)C1(N)CCC1)C(=O)O. The third kappa shape index (κ3) is 1.98. The molecular formula is C8H14N2O3. The molecule has 0 aromatic rings. The molecule has 1 aliphatic carbocycles. The molecule has 1 aliphatic rings. The Hall–Kier alpha value is -1.10. The molecule has 0 aromatic heterocycles. The first-order valence-corrected chi connectivity index (χ1v) is 4.28. The molecular weight excluding hydrogens is 172 g/mol. The largest absolute Gasteiger partial charge is 0.480 e. The standard InChI is InChI=1S/C8H14N2O3/c1-5(6(11)12)10-7(13)8(9)3-2-4-8/h5H,2-4,9H2,1H3,(H,10,13)(H,11,12)/t5-/m1/s1. The molecule has 0 unspecified atom stereocenters. The lowest BCUT2D eigenvalue weighted by Gasteiger charge is -2.36. The molecule has 0 saturated heterocycles. The third-order valence-electron chi connectivity index (χ3n) is 2.42. The van der Waals surface area contributed by atoms with Gasteiger partial charge in [-0.2, -0.15) is 0 Å². The van der Waals surface area contributed by atoms with Crippen molar-refractivity contribution in [2.75, 3.05) is 0 Å². The predicted octanol–water partition coefficient (Wildman–Crippen LogP) is -0.543. The van der Waals surface area contributed by atoms with Gasteiger partial charge in [-0.3, -0.25) is 9.59 Å². The highest BCUT2D eigenvalue weighted by atomic mass is 16.4. The lowest BCUT2D eigenvalue weighted by atomic mass is 9.77. The van der Waals surface area contributed by atoms with E-state index < -0.39 is 17.6 Å². The molecule has 5 heteroatoms. The van der Waals surface area contributed by atoms with Gasteiger partial charge in [0.15, 0.2) is 0 Å². The molecule has 74 valence electrons. The zero-order chi connectivity index (χ0) is 10.1. The van der Waals surface area contributed by atoms with E-state index in [1.807, 2.05) is 0 Å². The van der Waals surface area contributed by atoms with E-state index in [1.165, 1.54) is 6.92 Å². The van der Waals surface area contributed by atoms with E-state index >= 15 is 0 Å². The second kappa shape index (κ2) is 3.33. The average Bonchev–Trinajstić information content (AvgIpc) is 1.99. The second-order valence-electron chi connectivity index (χ2n) is 3.54. The Morgan fingerprint density at radius 2 is 2.08 bits per heavy atom. The Kier molecular flexibility index (Phi) is 2.56. The normalized spacial score (nSPS) is 21.4. The van der Waals surface area contributed by atoms with Crippen molar-refractivity contribution < 1.29 is 14.7 Å². The van der Waals surface area contributed by atoms with Crippen LogP contribution in [0.15, 0.2) is 0 Å². The number of hydrogen-bond acceptors (Lipinski definition) is 3. The first kappa shape index (κ1) is 9.98. The Morgan fingerprint density at radius 3 is 2.38 bits per heavy atom. The van der Waals surface area contributed by atoms with Crippen LogP contribution in [0.2, 0.25) is 0 Å². The van der Waals surface area contributed by atoms with E-state index in [2.05, 4.69) is 5.32 Å². The summed E-state index contributed by atoms with van der Waals surface area (Å²) in [6, 6.07) is -0.867. The number of carboxylic acids is 1. The minimum absolute atomic E-state index is 0.353. The minimum atomic E-state index is -1.05. The van der Waals surface area contributed by atoms with Gasteiger partial charge in [0, 0.05) is 0 Å². The van der Waals surface area contributed by atoms with Gasteiger partial charge in [0.1, 0.15) is 6.04 Å². The summed E-state index contributed by atoms with van der Waals surface area (Å²) >= 11 is 0. The van der Waals surface area contributed by atoms with Gasteiger partial charge in [-0.05, 0) is 26.2 Å². The van der Waals surface area contributed by atoms with Gasteiger partial charge in [0.25, 0.3) is 0 Å². The number of nitrogens with one attached hydrogen (secondary N) is 1. The van der Waals surface area contributed by atoms with Gasteiger partial charge in [-0.15, -0.1) is 0 Å². The molecule has 0 heterocycles. The fraction of sp³-hybridized carbons (Fsp3) is 0.750. The predicted molar refractivity (Wildman–Crippen MR) is 46.0 cm³/mol. The van der Waals surface area contributed by atoms with Crippen LogP contribution in [0.25, 0.3) is 0 Å². The maximum Gasteiger partial charge on any atom is 0.325 e. The van der Waals surface area contributed by atoms with E-state index in [-0.39, 0.29) is 5.91 Å². The van der Waals surface area contributed by atoms with Crippen molar-refractivity contribution >= 4 is 11.9 Å². The molecule has 0 aromatic carbocycles. The number of rotatable bonds is 3. The van der Waals surface area contributed by atoms with Crippen molar-refractivity contribution in [3.05, 3.63) is 0 Å². The fourth-order valence-corrected chi connectivity index (χ4v) is 1.19. The van der Waals surface area contributed by atoms with Crippen LogP contribution in [-0.4, -0.2) is 28.6 Å². The summed E-state index contributed by atoms with van der Waals surface area (Å²) in [6.07, 6.45) is 2.22. The maximum atomic E-state index is 11.4. The highest BCUT2D eigenvalue weighted by Gasteiger charge is 2.40. The number of nitrogens with two attached hydrogens (primary N) is 1. The average molecular weight is 186 g/mol. The van der Waals surface area contributed by atoms with Gasteiger partial charge < -0.3 is 16.2 Å². The zero-order valence-corrected chi connectivity index (χ0v) is 7.54. The van der Waals surface area contributed by atoms with E-state index in [4.69, 9.17) is 10.8 Å². The number of hydrogen-bond donors (Lipinski definition) is 3. The quantitative estimate of drug-likeness (QED) is 0.551. The number of aliphatic carboxylic acids is 1. The van der Waals surface area contributed by atoms with Crippen LogP contribution >= 0.6 is 0 Å². The molecule has 5 nitrogen and oxygen atoms in total. The summed E-state index contributed by atoms with van der Waals surface area (Å²) in [6.45, 7) is 1.42. The lowest BCUT2D eigenvalue weighted by Crippen LogP contribution is -2.60. The molecule has 1 rings (SSSR count). The highest BCUT2D eigenvalue weighted by Crippen LogP contribution is 2.29. The van der Waals surface area contributed by atoms with Gasteiger partial charge >= 0.3 is 5.97 Å². The summed E-state index contributed by atoms with van der Waals surface area (Å²) in [4.78, 5) is 21.8. The minimum Gasteiger partial charge on any atom is -0.480 e. The molecule has 0 bridgehead atoms. The Balaban J connectivity index is 2.45. The van der Waals surface area contributed by atoms with Gasteiger partial charge in [0.05, 0.1) is 5.54 Å². The van der Waals surface area contributed by atoms with Crippen molar-refractivity contribution in [2.45, 2.75) is 37.8 Å². The van der Waals surface area contributed by atoms with Crippen LogP contribution in [0, 0.1) is 0 Å². The maximum absolute atomic E-state index is 11.4. The summed E-state index contributed by atoms with van der Waals surface area (Å²) < 4.78 is 0. The number of amides is 1. The molecule has 4 N–H and O–H groups in total. The lowest BCUT2D eigenvalue weighted by molar-refractivity contribution is -0.142. The smallest absolute Gasteiger partial charge is 0.325 e. The van der Waals surface area contributed by atoms with Crippen molar-refractivity contribution in [3.63, 3.8) is 0 Å². The first-order valence-electron chi connectivity index (χ1n) is 4.28. The van der Waals surface area contributed by atoms with Crippen molar-refractivity contribution in [2.24, 2.45) is 5.73 Å². The topological polar surface area (TPSA) is 92.4 Å². The monoisotopic (exact) mass is 186 g/mol. The van der Waals surface area contributed by atoms with Gasteiger partial charge in [0.2, 0.25) is 5.91 Å². The van der Waals surface area contributed by atoms with Crippen LogP contribution in [0.3, 0.4) is 0 Å². The molecule has 0 spiro atoms.